The molecule has 35 heavy (non-hydrogen) atoms. The number of nitrogens with two attached hydrogens (primary N) is 1. The molecule has 3 heterocycles. The number of benzene rings is 1. The lowest BCUT2D eigenvalue weighted by molar-refractivity contribution is -0.350. The Morgan fingerprint density at radius 2 is 1.94 bits per heavy atom. The Hall–Kier alpha value is -3.76. The van der Waals surface area contributed by atoms with E-state index in [-0.39, 0.29) is 17.2 Å². The maximum Gasteiger partial charge on any atom is 0.341 e. The van der Waals surface area contributed by atoms with E-state index in [9.17, 15) is 14.0 Å². The number of carbonyl (C=O) groups is 1. The van der Waals surface area contributed by atoms with Crippen molar-refractivity contribution < 1.29 is 14.2 Å². The second-order valence-electron chi connectivity index (χ2n) is 8.52. The predicted molar refractivity (Wildman–Crippen MR) is 134 cm³/mol. The van der Waals surface area contributed by atoms with Gasteiger partial charge in [-0.3, -0.25) is 14.7 Å². The van der Waals surface area contributed by atoms with Gasteiger partial charge in [0.15, 0.2) is 5.82 Å². The number of carbonyl (C=O) groups excluding carboxylic acids is 1. The maximum absolute atomic E-state index is 13.6. The predicted octanol–water partition coefficient (Wildman–Crippen LogP) is 1.55. The Morgan fingerprint density at radius 1 is 1.23 bits per heavy atom. The quantitative estimate of drug-likeness (QED) is 0.443. The van der Waals surface area contributed by atoms with Crippen molar-refractivity contribution in [1.29, 1.82) is 0 Å². The molecule has 3 aromatic rings. The highest BCUT2D eigenvalue weighted by Gasteiger charge is 2.22. The molecule has 5 N–H and O–H groups in total. The average Bonchev–Trinajstić information content (AvgIpc) is 2.87. The molecule has 4 rings (SSSR count). The molecule has 0 atom stereocenters. The first-order valence-electron chi connectivity index (χ1n) is 11.7. The van der Waals surface area contributed by atoms with Crippen molar-refractivity contribution in [2.24, 2.45) is 5.73 Å². The van der Waals surface area contributed by atoms with Gasteiger partial charge in [-0.2, -0.15) is 0 Å². The molecule has 1 aromatic carbocycles. The molecule has 9 nitrogen and oxygen atoms in total. The summed E-state index contributed by atoms with van der Waals surface area (Å²) in [4.78, 5) is 35.1. The van der Waals surface area contributed by atoms with Crippen LogP contribution in [0.1, 0.15) is 29.3 Å². The molecular weight excluding hydrogens is 449 g/mol. The summed E-state index contributed by atoms with van der Waals surface area (Å²) in [7, 11) is 1.72. The van der Waals surface area contributed by atoms with E-state index in [0.717, 1.165) is 44.8 Å². The number of rotatable bonds is 7. The molecule has 0 radical (unpaired) electrons. The zero-order chi connectivity index (χ0) is 24.9. The first kappa shape index (κ1) is 24.4. The molecule has 10 heteroatoms. The van der Waals surface area contributed by atoms with Gasteiger partial charge in [-0.1, -0.05) is 6.92 Å². The molecule has 0 unspecified atom stereocenters. The van der Waals surface area contributed by atoms with Gasteiger partial charge in [0.2, 0.25) is 0 Å². The van der Waals surface area contributed by atoms with Crippen LogP contribution in [0, 0.1) is 5.82 Å². The lowest BCUT2D eigenvalue weighted by Crippen LogP contribution is -2.48. The Morgan fingerprint density at radius 3 is 2.60 bits per heavy atom. The number of aromatic nitrogens is 2. The van der Waals surface area contributed by atoms with Crippen molar-refractivity contribution >= 4 is 28.3 Å². The van der Waals surface area contributed by atoms with Crippen LogP contribution in [0.2, 0.25) is 0 Å². The summed E-state index contributed by atoms with van der Waals surface area (Å²) >= 11 is 0. The minimum Gasteiger partial charge on any atom is -0.397 e. The molecule has 1 aliphatic heterocycles. The molecule has 0 bridgehead atoms. The number of aromatic amines is 2. The van der Waals surface area contributed by atoms with Crippen molar-refractivity contribution in [3.63, 3.8) is 0 Å². The number of H-pyrrole nitrogens is 2. The summed E-state index contributed by atoms with van der Waals surface area (Å²) in [6, 6.07) is 10.0. The summed E-state index contributed by atoms with van der Waals surface area (Å²) in [5, 5.41) is 2.14. The second-order valence-corrected chi connectivity index (χ2v) is 8.52. The normalized spacial score (nSPS) is 14.9. The van der Waals surface area contributed by atoms with E-state index >= 15 is 0 Å². The Labute approximate surface area is 203 Å². The number of nitrogens with zero attached hydrogens (tertiary/aromatic N) is 3. The van der Waals surface area contributed by atoms with Crippen molar-refractivity contribution in [1.82, 2.24) is 20.2 Å². The van der Waals surface area contributed by atoms with Gasteiger partial charge in [-0.15, -0.1) is 0 Å². The third-order valence-electron chi connectivity index (χ3n) is 6.13. The minimum atomic E-state index is -0.452. The van der Waals surface area contributed by atoms with E-state index in [0.29, 0.717) is 16.6 Å². The molecule has 0 saturated carbocycles. The molecule has 0 aliphatic carbocycles. The van der Waals surface area contributed by atoms with E-state index in [2.05, 4.69) is 27.2 Å². The largest absolute Gasteiger partial charge is 0.397 e. The molecule has 0 spiro atoms. The zero-order valence-corrected chi connectivity index (χ0v) is 20.0. The standard InChI is InChI=1S/C25H30FN7O2/c1-3-8-31-9-11-32(12-10-31)25(35)17-4-6-20(7-5-17)33(28-2)16-22(27)21-14-18-13-19(26)15-29-23(18)30-24(21)34/h4-7,13-16,28H,3,8-12,27H2,1-2H3,(H,29,30,34)/p+1. The van der Waals surface area contributed by atoms with Crippen LogP contribution in [0.3, 0.4) is 0 Å². The fourth-order valence-corrected chi connectivity index (χ4v) is 4.24. The minimum absolute atomic E-state index is 0.0190. The topological polar surface area (TPSA) is 112 Å². The van der Waals surface area contributed by atoms with Crippen LogP contribution in [0.4, 0.5) is 10.1 Å². The monoisotopic (exact) mass is 480 g/mol. The molecule has 2 aromatic heterocycles. The number of hydrazine groups is 1. The highest BCUT2D eigenvalue weighted by molar-refractivity contribution is 5.94. The number of halogens is 1. The van der Waals surface area contributed by atoms with E-state index in [1.54, 1.807) is 30.4 Å². The van der Waals surface area contributed by atoms with Crippen LogP contribution in [0.15, 0.2) is 53.6 Å². The van der Waals surface area contributed by atoms with Crippen molar-refractivity contribution in [2.75, 3.05) is 44.8 Å². The SMILES string of the molecule is CCCN1CCN(C(=O)c2ccc(N(C=C(N)c3cc4cc(F)c[nH+]c4[nH]c3=O)NC)cc2)CC1. The summed E-state index contributed by atoms with van der Waals surface area (Å²) in [6.45, 7) is 6.47. The number of piperazine rings is 1. The van der Waals surface area contributed by atoms with E-state index < -0.39 is 11.4 Å². The number of fused-ring (bicyclic) bond motifs is 1. The molecule has 1 aliphatic rings. The third-order valence-corrected chi connectivity index (χ3v) is 6.13. The van der Waals surface area contributed by atoms with Gasteiger partial charge in [-0.25, -0.2) is 24.6 Å². The van der Waals surface area contributed by atoms with Crippen LogP contribution in [0.5, 0.6) is 0 Å². The second kappa shape index (κ2) is 10.7. The summed E-state index contributed by atoms with van der Waals surface area (Å²) in [5.74, 6) is -0.433. The fourth-order valence-electron chi connectivity index (χ4n) is 4.24. The van der Waals surface area contributed by atoms with Gasteiger partial charge >= 0.3 is 5.56 Å². The van der Waals surface area contributed by atoms with Crippen molar-refractivity contribution in [3.8, 4) is 0 Å². The summed E-state index contributed by atoms with van der Waals surface area (Å²) in [5.41, 5.74) is 11.0. The lowest BCUT2D eigenvalue weighted by atomic mass is 10.1. The van der Waals surface area contributed by atoms with Gasteiger partial charge in [0, 0.05) is 45.0 Å². The van der Waals surface area contributed by atoms with E-state index in [1.165, 1.54) is 18.3 Å². The molecular formula is C25H31FN7O2+. The van der Waals surface area contributed by atoms with Crippen LogP contribution in [-0.2, 0) is 0 Å². The first-order chi connectivity index (χ1) is 16.9. The van der Waals surface area contributed by atoms with Crippen molar-refractivity contribution in [2.45, 2.75) is 13.3 Å². The number of pyridine rings is 2. The summed E-state index contributed by atoms with van der Waals surface area (Å²) < 4.78 is 13.6. The van der Waals surface area contributed by atoms with Crippen LogP contribution < -0.4 is 26.7 Å². The first-order valence-corrected chi connectivity index (χ1v) is 11.7. The van der Waals surface area contributed by atoms with E-state index in [1.807, 2.05) is 17.0 Å². The van der Waals surface area contributed by atoms with Gasteiger partial charge in [0.05, 0.1) is 22.3 Å². The number of hydrogen-bond donors (Lipinski definition) is 3. The molecule has 1 amide bonds. The zero-order valence-electron chi connectivity index (χ0n) is 20.0. The Kier molecular flexibility index (Phi) is 7.42. The fraction of sp³-hybridized carbons (Fsp3) is 0.320. The van der Waals surface area contributed by atoms with Gasteiger partial charge in [-0.05, 0) is 49.4 Å². The number of hydrogen-bond acceptors (Lipinski definition) is 6. The summed E-state index contributed by atoms with van der Waals surface area (Å²) in [6.07, 6.45) is 3.85. The van der Waals surface area contributed by atoms with E-state index in [4.69, 9.17) is 5.73 Å². The number of amides is 1. The highest BCUT2D eigenvalue weighted by Crippen LogP contribution is 2.18. The molecule has 1 saturated heterocycles. The lowest BCUT2D eigenvalue weighted by Gasteiger charge is -2.34. The molecule has 184 valence electrons. The Bertz CT molecular complexity index is 1280. The van der Waals surface area contributed by atoms with Crippen molar-refractivity contribution in [3.05, 3.63) is 76.1 Å². The van der Waals surface area contributed by atoms with Gasteiger partial charge in [0.25, 0.3) is 11.6 Å². The Balaban J connectivity index is 1.50. The number of nitrogens with one attached hydrogen (secondary N) is 3. The van der Waals surface area contributed by atoms with Gasteiger partial charge in [0.1, 0.15) is 6.20 Å². The average molecular weight is 481 g/mol. The smallest absolute Gasteiger partial charge is 0.341 e. The number of anilines is 1. The maximum atomic E-state index is 13.6. The van der Waals surface area contributed by atoms with Crippen LogP contribution in [-0.4, -0.2) is 60.5 Å². The highest BCUT2D eigenvalue weighted by atomic mass is 19.1. The third kappa shape index (κ3) is 5.50. The van der Waals surface area contributed by atoms with Gasteiger partial charge < -0.3 is 10.6 Å². The van der Waals surface area contributed by atoms with Crippen LogP contribution >= 0.6 is 0 Å². The van der Waals surface area contributed by atoms with Crippen LogP contribution in [0.25, 0.3) is 16.7 Å². The molecule has 1 fully saturated rings.